The number of piperidine rings is 1. The third kappa shape index (κ3) is 5.00. The Balaban J connectivity index is 1.48. The van der Waals surface area contributed by atoms with Crippen LogP contribution in [-0.4, -0.2) is 39.4 Å². The second-order valence-corrected chi connectivity index (χ2v) is 7.87. The van der Waals surface area contributed by atoms with Crippen LogP contribution in [0.4, 0.5) is 5.69 Å². The molecule has 0 spiro atoms. The van der Waals surface area contributed by atoms with Crippen molar-refractivity contribution in [3.63, 3.8) is 0 Å². The lowest BCUT2D eigenvalue weighted by atomic mass is 10.1. The number of allylic oxidation sites excluding steroid dienone is 4. The van der Waals surface area contributed by atoms with Crippen LogP contribution in [0.3, 0.4) is 0 Å². The summed E-state index contributed by atoms with van der Waals surface area (Å²) in [5.41, 5.74) is 1.74. The van der Waals surface area contributed by atoms with Crippen molar-refractivity contribution in [2.45, 2.75) is 30.8 Å². The van der Waals surface area contributed by atoms with E-state index in [1.807, 2.05) is 65.0 Å². The molecule has 1 N–H and O–H groups in total. The number of nitrogens with one attached hydrogen (secondary N) is 1. The van der Waals surface area contributed by atoms with Crippen molar-refractivity contribution < 1.29 is 13.7 Å². The molecule has 3 rings (SSSR count). The number of anilines is 1. The summed E-state index contributed by atoms with van der Waals surface area (Å²) >= 11 is 0. The molecule has 5 nitrogen and oxygen atoms in total. The van der Waals surface area contributed by atoms with Gasteiger partial charge in [-0.1, -0.05) is 54.7 Å². The van der Waals surface area contributed by atoms with Gasteiger partial charge < -0.3 is 10.1 Å². The number of carbonyl (C=O) groups excluding carboxylic acids is 1. The molecule has 2 aliphatic rings. The Labute approximate surface area is 157 Å². The molecular weight excluding hydrogens is 348 g/mol. The SMILES string of the molecule is O=CNc1ccccc1COC1CCN(S(=O)C2C=CC=CC=C2)CC1. The smallest absolute Gasteiger partial charge is 0.211 e. The van der Waals surface area contributed by atoms with Gasteiger partial charge in [0, 0.05) is 24.3 Å². The predicted octanol–water partition coefficient (Wildman–Crippen LogP) is 2.95. The van der Waals surface area contributed by atoms with E-state index in [0.717, 1.165) is 37.2 Å². The quantitative estimate of drug-likeness (QED) is 0.749. The highest BCUT2D eigenvalue weighted by atomic mass is 32.2. The third-order valence-corrected chi connectivity index (χ3v) is 6.18. The molecule has 1 fully saturated rings. The Morgan fingerprint density at radius 2 is 1.81 bits per heavy atom. The maximum absolute atomic E-state index is 12.7. The molecule has 1 aromatic carbocycles. The van der Waals surface area contributed by atoms with Crippen molar-refractivity contribution in [3.8, 4) is 0 Å². The number of hydrogen-bond donors (Lipinski definition) is 1. The van der Waals surface area contributed by atoms with Gasteiger partial charge in [-0.2, -0.15) is 0 Å². The largest absolute Gasteiger partial charge is 0.373 e. The first-order valence-electron chi connectivity index (χ1n) is 8.85. The molecule has 1 saturated heterocycles. The number of amides is 1. The Morgan fingerprint density at radius 3 is 2.50 bits per heavy atom. The molecule has 0 bridgehead atoms. The average Bonchev–Trinajstić information content (AvgIpc) is 2.97. The molecular formula is C20H24N2O3S. The summed E-state index contributed by atoms with van der Waals surface area (Å²) in [7, 11) is -1.05. The Morgan fingerprint density at radius 1 is 1.12 bits per heavy atom. The summed E-state index contributed by atoms with van der Waals surface area (Å²) in [6.45, 7) is 1.98. The van der Waals surface area contributed by atoms with Gasteiger partial charge in [-0.25, -0.2) is 8.51 Å². The van der Waals surface area contributed by atoms with Gasteiger partial charge in [-0.3, -0.25) is 4.79 Å². The minimum Gasteiger partial charge on any atom is -0.373 e. The van der Waals surface area contributed by atoms with E-state index in [0.29, 0.717) is 13.0 Å². The van der Waals surface area contributed by atoms with Crippen molar-refractivity contribution in [1.29, 1.82) is 0 Å². The minimum atomic E-state index is -1.05. The highest BCUT2D eigenvalue weighted by Crippen LogP contribution is 2.21. The van der Waals surface area contributed by atoms with Gasteiger partial charge in [0.05, 0.1) is 18.0 Å². The van der Waals surface area contributed by atoms with Gasteiger partial charge in [0.25, 0.3) is 0 Å². The maximum Gasteiger partial charge on any atom is 0.211 e. The van der Waals surface area contributed by atoms with Gasteiger partial charge in [-0.05, 0) is 18.9 Å². The highest BCUT2D eigenvalue weighted by molar-refractivity contribution is 7.83. The van der Waals surface area contributed by atoms with Crippen LogP contribution in [0.2, 0.25) is 0 Å². The second-order valence-electron chi connectivity index (χ2n) is 6.25. The first-order chi connectivity index (χ1) is 12.8. The van der Waals surface area contributed by atoms with Gasteiger partial charge in [-0.15, -0.1) is 0 Å². The van der Waals surface area contributed by atoms with Crippen LogP contribution in [0.5, 0.6) is 0 Å². The van der Waals surface area contributed by atoms with E-state index in [1.165, 1.54) is 0 Å². The number of benzene rings is 1. The fourth-order valence-electron chi connectivity index (χ4n) is 3.08. The lowest BCUT2D eigenvalue weighted by Gasteiger charge is -2.32. The van der Waals surface area contributed by atoms with Crippen molar-refractivity contribution >= 4 is 23.1 Å². The summed E-state index contributed by atoms with van der Waals surface area (Å²) in [4.78, 5) is 10.7. The Hall–Kier alpha value is -2.02. The molecule has 138 valence electrons. The van der Waals surface area contributed by atoms with Crippen LogP contribution in [0.25, 0.3) is 0 Å². The van der Waals surface area contributed by atoms with Crippen LogP contribution in [-0.2, 0) is 27.1 Å². The average molecular weight is 372 g/mol. The highest BCUT2D eigenvalue weighted by Gasteiger charge is 2.26. The molecule has 0 aromatic heterocycles. The summed E-state index contributed by atoms with van der Waals surface area (Å²) < 4.78 is 20.8. The minimum absolute atomic E-state index is 0.0660. The van der Waals surface area contributed by atoms with Gasteiger partial charge in [0.1, 0.15) is 11.0 Å². The van der Waals surface area contributed by atoms with Gasteiger partial charge in [0.2, 0.25) is 6.41 Å². The number of para-hydroxylation sites is 1. The maximum atomic E-state index is 12.7. The van der Waals surface area contributed by atoms with Crippen LogP contribution in [0, 0.1) is 0 Å². The summed E-state index contributed by atoms with van der Waals surface area (Å²) in [5.74, 6) is 0. The fraction of sp³-hybridized carbons (Fsp3) is 0.350. The van der Waals surface area contributed by atoms with Crippen molar-refractivity contribution in [1.82, 2.24) is 4.31 Å². The summed E-state index contributed by atoms with van der Waals surface area (Å²) in [6, 6.07) is 7.63. The van der Waals surface area contributed by atoms with Crippen LogP contribution in [0.1, 0.15) is 18.4 Å². The molecule has 26 heavy (non-hydrogen) atoms. The molecule has 1 aliphatic carbocycles. The number of rotatable bonds is 7. The monoisotopic (exact) mass is 372 g/mol. The first kappa shape index (κ1) is 18.8. The topological polar surface area (TPSA) is 58.6 Å². The second kappa shape index (κ2) is 9.62. The Kier molecular flexibility index (Phi) is 6.94. The molecule has 1 heterocycles. The molecule has 1 unspecified atom stereocenters. The van der Waals surface area contributed by atoms with Gasteiger partial charge in [0.15, 0.2) is 0 Å². The molecule has 0 radical (unpaired) electrons. The first-order valence-corrected chi connectivity index (χ1v) is 10.0. The zero-order valence-corrected chi connectivity index (χ0v) is 15.4. The van der Waals surface area contributed by atoms with Crippen LogP contribution in [0.15, 0.2) is 60.7 Å². The molecule has 1 amide bonds. The van der Waals surface area contributed by atoms with E-state index in [-0.39, 0.29) is 11.4 Å². The zero-order chi connectivity index (χ0) is 18.2. The van der Waals surface area contributed by atoms with Crippen LogP contribution >= 0.6 is 0 Å². The lowest BCUT2D eigenvalue weighted by molar-refractivity contribution is -0.105. The van der Waals surface area contributed by atoms with E-state index >= 15 is 0 Å². The molecule has 6 heteroatoms. The number of hydrogen-bond acceptors (Lipinski definition) is 3. The van der Waals surface area contributed by atoms with Gasteiger partial charge >= 0.3 is 0 Å². The van der Waals surface area contributed by atoms with Crippen molar-refractivity contribution in [2.24, 2.45) is 0 Å². The molecule has 0 saturated carbocycles. The molecule has 1 atom stereocenters. The number of carbonyl (C=O) groups is 1. The summed E-state index contributed by atoms with van der Waals surface area (Å²) in [5, 5.41) is 2.63. The Bertz CT molecular complexity index is 706. The lowest BCUT2D eigenvalue weighted by Crippen LogP contribution is -2.40. The molecule has 1 aromatic rings. The van der Waals surface area contributed by atoms with E-state index in [4.69, 9.17) is 4.74 Å². The number of nitrogens with zero attached hydrogens (tertiary/aromatic N) is 1. The van der Waals surface area contributed by atoms with E-state index in [2.05, 4.69) is 5.32 Å². The normalized spacial score (nSPS) is 20.0. The predicted molar refractivity (Wildman–Crippen MR) is 105 cm³/mol. The third-order valence-electron chi connectivity index (χ3n) is 4.53. The number of ether oxygens (including phenoxy) is 1. The van der Waals surface area contributed by atoms with Crippen molar-refractivity contribution in [2.75, 3.05) is 18.4 Å². The van der Waals surface area contributed by atoms with Crippen molar-refractivity contribution in [3.05, 3.63) is 66.3 Å². The van der Waals surface area contributed by atoms with E-state index in [1.54, 1.807) is 0 Å². The fourth-order valence-corrected chi connectivity index (χ4v) is 4.45. The van der Waals surface area contributed by atoms with E-state index in [9.17, 15) is 9.00 Å². The molecule has 1 aliphatic heterocycles. The van der Waals surface area contributed by atoms with Crippen LogP contribution < -0.4 is 5.32 Å². The standard InChI is InChI=1S/C20H24N2O3S/c23-16-21-20-10-6-5-7-17(20)15-25-18-11-13-22(14-12-18)26(24)19-8-3-1-2-4-9-19/h1-10,16,18-19H,11-15H2,(H,21,23). The summed E-state index contributed by atoms with van der Waals surface area (Å²) in [6.07, 6.45) is 14.3. The zero-order valence-electron chi connectivity index (χ0n) is 14.6. The van der Waals surface area contributed by atoms with E-state index < -0.39 is 11.0 Å².